The van der Waals surface area contributed by atoms with Crippen molar-refractivity contribution < 1.29 is 31.7 Å². The number of hydrogen-bond acceptors (Lipinski definition) is 4. The minimum absolute atomic E-state index is 0.280. The van der Waals surface area contributed by atoms with Gasteiger partial charge < -0.3 is 10.4 Å². The number of carbonyl (C=O) groups is 1. The SMILES string of the molecule is O=C(NCC(F)(F)S(=O)(=O)O)c1cc(I)ccc1O. The second kappa shape index (κ2) is 5.54. The van der Waals surface area contributed by atoms with E-state index < -0.39 is 33.6 Å². The number of benzene rings is 1. The molecular formula is C9H8F2INO5S. The Kier molecular flexibility index (Phi) is 4.68. The van der Waals surface area contributed by atoms with Crippen LogP contribution in [0.3, 0.4) is 0 Å². The van der Waals surface area contributed by atoms with Crippen LogP contribution >= 0.6 is 22.6 Å². The van der Waals surface area contributed by atoms with Gasteiger partial charge in [0.15, 0.2) is 0 Å². The predicted molar refractivity (Wildman–Crippen MR) is 69.7 cm³/mol. The van der Waals surface area contributed by atoms with Gasteiger partial charge in [0, 0.05) is 3.57 Å². The number of halogens is 3. The quantitative estimate of drug-likeness (QED) is 0.514. The van der Waals surface area contributed by atoms with Crippen molar-refractivity contribution in [2.75, 3.05) is 6.54 Å². The molecule has 0 unspecified atom stereocenters. The normalized spacial score (nSPS) is 12.2. The van der Waals surface area contributed by atoms with Gasteiger partial charge in [0.25, 0.3) is 5.91 Å². The van der Waals surface area contributed by atoms with Crippen LogP contribution in [-0.4, -0.2) is 35.8 Å². The van der Waals surface area contributed by atoms with Gasteiger partial charge in [-0.2, -0.15) is 17.2 Å². The van der Waals surface area contributed by atoms with E-state index in [1.54, 1.807) is 5.32 Å². The smallest absolute Gasteiger partial charge is 0.386 e. The van der Waals surface area contributed by atoms with Crippen LogP contribution in [0.15, 0.2) is 18.2 Å². The van der Waals surface area contributed by atoms with Crippen LogP contribution in [-0.2, 0) is 10.1 Å². The van der Waals surface area contributed by atoms with Crippen LogP contribution in [0, 0.1) is 3.57 Å². The highest BCUT2D eigenvalue weighted by molar-refractivity contribution is 14.1. The molecule has 0 aromatic heterocycles. The highest BCUT2D eigenvalue weighted by Crippen LogP contribution is 2.21. The van der Waals surface area contributed by atoms with Gasteiger partial charge in [0.2, 0.25) is 0 Å². The largest absolute Gasteiger partial charge is 0.507 e. The fourth-order valence-corrected chi connectivity index (χ4v) is 1.81. The lowest BCUT2D eigenvalue weighted by Gasteiger charge is -2.14. The van der Waals surface area contributed by atoms with Gasteiger partial charge in [-0.15, -0.1) is 0 Å². The number of alkyl halides is 2. The molecule has 1 aromatic carbocycles. The summed E-state index contributed by atoms with van der Waals surface area (Å²) in [6.07, 6.45) is 0. The molecule has 0 heterocycles. The number of hydrogen-bond donors (Lipinski definition) is 3. The van der Waals surface area contributed by atoms with E-state index in [0.717, 1.165) is 0 Å². The van der Waals surface area contributed by atoms with Gasteiger partial charge in [0.05, 0.1) is 12.1 Å². The van der Waals surface area contributed by atoms with E-state index >= 15 is 0 Å². The Bertz CT molecular complexity index is 605. The van der Waals surface area contributed by atoms with Crippen LogP contribution < -0.4 is 5.32 Å². The van der Waals surface area contributed by atoms with Gasteiger partial charge in [-0.05, 0) is 40.8 Å². The van der Waals surface area contributed by atoms with E-state index in [1.807, 2.05) is 22.6 Å². The number of nitrogens with one attached hydrogen (secondary N) is 1. The number of aromatic hydroxyl groups is 1. The first-order chi connectivity index (χ1) is 8.54. The van der Waals surface area contributed by atoms with Crippen LogP contribution in [0.4, 0.5) is 8.78 Å². The van der Waals surface area contributed by atoms with E-state index in [4.69, 9.17) is 4.55 Å². The molecule has 0 aliphatic heterocycles. The van der Waals surface area contributed by atoms with Gasteiger partial charge in [-0.25, -0.2) is 0 Å². The molecule has 6 nitrogen and oxygen atoms in total. The van der Waals surface area contributed by atoms with Crippen molar-refractivity contribution in [3.63, 3.8) is 0 Å². The fraction of sp³-hybridized carbons (Fsp3) is 0.222. The lowest BCUT2D eigenvalue weighted by atomic mass is 10.2. The van der Waals surface area contributed by atoms with Gasteiger partial charge >= 0.3 is 15.4 Å². The summed E-state index contributed by atoms with van der Waals surface area (Å²) in [4.78, 5) is 11.5. The second-order valence-corrected chi connectivity index (χ2v) is 6.25. The predicted octanol–water partition coefficient (Wildman–Crippen LogP) is 1.21. The second-order valence-electron chi connectivity index (χ2n) is 3.46. The standard InChI is InChI=1S/C9H8F2INO5S/c10-9(11,19(16,17)18)4-13-8(15)6-3-5(12)1-2-7(6)14/h1-3,14H,4H2,(H,13,15)(H,16,17,18). The Balaban J connectivity index is 2.85. The topological polar surface area (TPSA) is 104 Å². The zero-order chi connectivity index (χ0) is 14.8. The van der Waals surface area contributed by atoms with Crippen LogP contribution in [0.2, 0.25) is 0 Å². The minimum atomic E-state index is -5.61. The van der Waals surface area contributed by atoms with Gasteiger partial charge in [-0.1, -0.05) is 0 Å². The summed E-state index contributed by atoms with van der Waals surface area (Å²) in [5.74, 6) is -1.52. The molecule has 0 aliphatic carbocycles. The molecule has 0 aliphatic rings. The molecule has 1 aromatic rings. The molecule has 0 spiro atoms. The molecule has 3 N–H and O–H groups in total. The maximum Gasteiger partial charge on any atom is 0.386 e. The summed E-state index contributed by atoms with van der Waals surface area (Å²) in [5.41, 5.74) is -0.280. The zero-order valence-electron chi connectivity index (χ0n) is 9.10. The van der Waals surface area contributed by atoms with E-state index in [-0.39, 0.29) is 5.56 Å². The van der Waals surface area contributed by atoms with Crippen molar-refractivity contribution in [3.8, 4) is 5.75 Å². The van der Waals surface area contributed by atoms with Gasteiger partial charge in [-0.3, -0.25) is 9.35 Å². The van der Waals surface area contributed by atoms with E-state index in [9.17, 15) is 27.1 Å². The average molecular weight is 407 g/mol. The lowest BCUT2D eigenvalue weighted by molar-refractivity contribution is 0.0698. The van der Waals surface area contributed by atoms with Crippen molar-refractivity contribution >= 4 is 38.6 Å². The molecule has 1 rings (SSSR count). The summed E-state index contributed by atoms with van der Waals surface area (Å²) in [6, 6.07) is 3.91. The molecule has 0 saturated carbocycles. The summed E-state index contributed by atoms with van der Waals surface area (Å²) < 4.78 is 55.2. The molecule has 19 heavy (non-hydrogen) atoms. The molecule has 0 saturated heterocycles. The van der Waals surface area contributed by atoms with Crippen molar-refractivity contribution in [1.82, 2.24) is 5.32 Å². The lowest BCUT2D eigenvalue weighted by Crippen LogP contribution is -2.41. The molecule has 106 valence electrons. The maximum atomic E-state index is 12.9. The Morgan fingerprint density at radius 1 is 1.42 bits per heavy atom. The zero-order valence-corrected chi connectivity index (χ0v) is 12.1. The van der Waals surface area contributed by atoms with Crippen molar-refractivity contribution in [1.29, 1.82) is 0 Å². The highest BCUT2D eigenvalue weighted by atomic mass is 127. The Hall–Kier alpha value is -1.01. The molecular weight excluding hydrogens is 399 g/mol. The van der Waals surface area contributed by atoms with Crippen molar-refractivity contribution in [2.24, 2.45) is 0 Å². The third-order valence-corrected chi connectivity index (χ3v) is 3.61. The average Bonchev–Trinajstić information content (AvgIpc) is 2.28. The van der Waals surface area contributed by atoms with E-state index in [0.29, 0.717) is 3.57 Å². The number of phenolic OH excluding ortho intramolecular Hbond substituents is 1. The van der Waals surface area contributed by atoms with Gasteiger partial charge in [0.1, 0.15) is 5.75 Å². The Morgan fingerprint density at radius 3 is 2.53 bits per heavy atom. The maximum absolute atomic E-state index is 12.9. The summed E-state index contributed by atoms with van der Waals surface area (Å²) in [7, 11) is -5.61. The first kappa shape index (κ1) is 16.0. The molecule has 0 radical (unpaired) electrons. The monoisotopic (exact) mass is 407 g/mol. The number of carbonyl (C=O) groups excluding carboxylic acids is 1. The van der Waals surface area contributed by atoms with Crippen LogP contribution in [0.1, 0.15) is 10.4 Å². The minimum Gasteiger partial charge on any atom is -0.507 e. The summed E-state index contributed by atoms with van der Waals surface area (Å²) >= 11 is 1.84. The third kappa shape index (κ3) is 3.98. The van der Waals surface area contributed by atoms with Crippen molar-refractivity contribution in [2.45, 2.75) is 5.25 Å². The molecule has 10 heteroatoms. The Morgan fingerprint density at radius 2 is 2.00 bits per heavy atom. The molecule has 1 amide bonds. The highest BCUT2D eigenvalue weighted by Gasteiger charge is 2.44. The number of amides is 1. The summed E-state index contributed by atoms with van der Waals surface area (Å²) in [5, 5.41) is 6.50. The molecule has 0 bridgehead atoms. The van der Waals surface area contributed by atoms with E-state index in [1.165, 1.54) is 18.2 Å². The third-order valence-electron chi connectivity index (χ3n) is 2.04. The first-order valence-corrected chi connectivity index (χ1v) is 7.18. The van der Waals surface area contributed by atoms with E-state index in [2.05, 4.69) is 0 Å². The summed E-state index contributed by atoms with van der Waals surface area (Å²) in [6.45, 7) is -1.60. The first-order valence-electron chi connectivity index (χ1n) is 4.66. The number of phenols is 1. The fourth-order valence-electron chi connectivity index (χ4n) is 1.06. The molecule has 0 fully saturated rings. The van der Waals surface area contributed by atoms with Crippen molar-refractivity contribution in [3.05, 3.63) is 27.3 Å². The number of rotatable bonds is 4. The Labute approximate surface area is 120 Å². The van der Waals surface area contributed by atoms with Crippen LogP contribution in [0.25, 0.3) is 0 Å². The van der Waals surface area contributed by atoms with Crippen LogP contribution in [0.5, 0.6) is 5.75 Å². The molecule has 0 atom stereocenters.